The van der Waals surface area contributed by atoms with Crippen LogP contribution in [0, 0.1) is 13.8 Å². The molecule has 0 aliphatic carbocycles. The molecular formula is C25H23O2S2+. The molecule has 146 valence electrons. The second kappa shape index (κ2) is 8.52. The minimum absolute atomic E-state index is 0.263. The van der Waals surface area contributed by atoms with Gasteiger partial charge in [0.25, 0.3) is 4.90 Å². The van der Waals surface area contributed by atoms with Gasteiger partial charge in [-0.15, -0.1) is 11.8 Å². The second-order valence-corrected chi connectivity index (χ2v) is 10.3. The highest BCUT2D eigenvalue weighted by atomic mass is 32.2. The Hall–Kier alpha value is -2.43. The summed E-state index contributed by atoms with van der Waals surface area (Å²) in [6.07, 6.45) is 0. The van der Waals surface area contributed by atoms with Crippen LogP contribution in [0.1, 0.15) is 18.1 Å². The molecule has 0 bridgehead atoms. The predicted octanol–water partition coefficient (Wildman–Crippen LogP) is 6.62. The van der Waals surface area contributed by atoms with Gasteiger partial charge in [0.05, 0.1) is 0 Å². The molecule has 0 saturated heterocycles. The quantitative estimate of drug-likeness (QED) is 0.207. The molecular weight excluding hydrogens is 396 g/mol. The molecule has 29 heavy (non-hydrogen) atoms. The van der Waals surface area contributed by atoms with Gasteiger partial charge in [0, 0.05) is 16.3 Å². The van der Waals surface area contributed by atoms with Gasteiger partial charge in [-0.05, 0) is 62.1 Å². The lowest BCUT2D eigenvalue weighted by molar-refractivity contribution is 0.542. The van der Waals surface area contributed by atoms with Crippen LogP contribution in [0.5, 0.6) is 0 Å². The maximum Gasteiger partial charge on any atom is 0.393 e. The van der Waals surface area contributed by atoms with Gasteiger partial charge >= 0.3 is 5.63 Å². The normalized spacial score (nSPS) is 11.3. The molecule has 2 nitrogen and oxygen atoms in total. The Morgan fingerprint density at radius 1 is 0.828 bits per heavy atom. The molecule has 0 amide bonds. The highest BCUT2D eigenvalue weighted by Gasteiger charge is 2.33. The Bertz CT molecular complexity index is 1150. The van der Waals surface area contributed by atoms with E-state index in [2.05, 4.69) is 75.4 Å². The summed E-state index contributed by atoms with van der Waals surface area (Å²) in [5.74, 6) is 0.984. The van der Waals surface area contributed by atoms with Crippen LogP contribution in [0.3, 0.4) is 0 Å². The van der Waals surface area contributed by atoms with E-state index in [1.165, 1.54) is 11.1 Å². The number of benzene rings is 3. The van der Waals surface area contributed by atoms with E-state index in [-0.39, 0.29) is 5.63 Å². The molecule has 4 aromatic rings. The van der Waals surface area contributed by atoms with Crippen LogP contribution in [-0.2, 0) is 10.9 Å². The van der Waals surface area contributed by atoms with Crippen molar-refractivity contribution in [2.45, 2.75) is 40.4 Å². The fraction of sp³-hybridized carbons (Fsp3) is 0.160. The predicted molar refractivity (Wildman–Crippen MR) is 123 cm³/mol. The zero-order valence-corrected chi connectivity index (χ0v) is 18.4. The van der Waals surface area contributed by atoms with Gasteiger partial charge in [-0.2, -0.15) is 0 Å². The lowest BCUT2D eigenvalue weighted by Crippen LogP contribution is -2.15. The maximum atomic E-state index is 13.1. The average molecular weight is 420 g/mol. The largest absolute Gasteiger partial charge is 0.419 e. The topological polar surface area (TPSA) is 30.2 Å². The zero-order valence-electron chi connectivity index (χ0n) is 16.8. The van der Waals surface area contributed by atoms with Gasteiger partial charge in [0.15, 0.2) is 9.79 Å². The first-order valence-electron chi connectivity index (χ1n) is 9.63. The van der Waals surface area contributed by atoms with Crippen molar-refractivity contribution in [1.82, 2.24) is 0 Å². The first-order valence-corrected chi connectivity index (χ1v) is 11.8. The number of rotatable bonds is 5. The van der Waals surface area contributed by atoms with E-state index in [4.69, 9.17) is 4.42 Å². The summed E-state index contributed by atoms with van der Waals surface area (Å²) in [4.78, 5) is 17.1. The molecule has 0 fully saturated rings. The Morgan fingerprint density at radius 3 is 1.97 bits per heavy atom. The Morgan fingerprint density at radius 2 is 1.41 bits per heavy atom. The van der Waals surface area contributed by atoms with Crippen molar-refractivity contribution in [1.29, 1.82) is 0 Å². The first kappa shape index (κ1) is 19.9. The van der Waals surface area contributed by atoms with Crippen molar-refractivity contribution in [3.8, 4) is 0 Å². The summed E-state index contributed by atoms with van der Waals surface area (Å²) in [6, 6.07) is 25.0. The van der Waals surface area contributed by atoms with Crippen LogP contribution < -0.4 is 5.63 Å². The summed E-state index contributed by atoms with van der Waals surface area (Å²) >= 11 is 1.74. The van der Waals surface area contributed by atoms with Crippen molar-refractivity contribution < 1.29 is 4.42 Å². The van der Waals surface area contributed by atoms with E-state index in [0.717, 1.165) is 25.8 Å². The standard InChI is InChI=1S/C25H23O2S2/c1-4-28-20-10-9-19-15-24(25(26)27-23(19)16-20)29(21-11-5-17(2)6-12-21)22-13-7-18(3)8-14-22/h5-16H,4H2,1-3H3/q+1. The van der Waals surface area contributed by atoms with Crippen LogP contribution in [0.15, 0.2) is 102 Å². The fourth-order valence-corrected chi connectivity index (χ4v) is 5.95. The summed E-state index contributed by atoms with van der Waals surface area (Å²) in [5, 5.41) is 0.955. The lowest BCUT2D eigenvalue weighted by Gasteiger charge is -2.09. The van der Waals surface area contributed by atoms with E-state index < -0.39 is 10.9 Å². The minimum Gasteiger partial charge on any atom is -0.419 e. The first-order chi connectivity index (χ1) is 14.0. The van der Waals surface area contributed by atoms with E-state index in [0.29, 0.717) is 10.5 Å². The fourth-order valence-electron chi connectivity index (χ4n) is 3.21. The molecule has 1 aromatic heterocycles. The summed E-state index contributed by atoms with van der Waals surface area (Å²) in [5.41, 5.74) is 2.79. The number of thioether (sulfide) groups is 1. The number of aryl methyl sites for hydroxylation is 2. The lowest BCUT2D eigenvalue weighted by atomic mass is 10.2. The maximum absolute atomic E-state index is 13.1. The van der Waals surface area contributed by atoms with Crippen LogP contribution in [0.4, 0.5) is 0 Å². The molecule has 4 rings (SSSR count). The zero-order chi connectivity index (χ0) is 20.4. The number of fused-ring (bicyclic) bond motifs is 1. The Kier molecular flexibility index (Phi) is 5.84. The van der Waals surface area contributed by atoms with Gasteiger partial charge in [0.2, 0.25) is 0 Å². The van der Waals surface area contributed by atoms with Gasteiger partial charge in [-0.25, -0.2) is 4.79 Å². The molecule has 0 unspecified atom stereocenters. The molecule has 0 saturated carbocycles. The van der Waals surface area contributed by atoms with Gasteiger partial charge in [-0.1, -0.05) is 42.3 Å². The second-order valence-electron chi connectivity index (χ2n) is 6.96. The summed E-state index contributed by atoms with van der Waals surface area (Å²) < 4.78 is 5.79. The smallest absolute Gasteiger partial charge is 0.393 e. The molecule has 0 radical (unpaired) electrons. The average Bonchev–Trinajstić information content (AvgIpc) is 2.71. The number of hydrogen-bond donors (Lipinski definition) is 0. The van der Waals surface area contributed by atoms with Crippen molar-refractivity contribution in [2.24, 2.45) is 0 Å². The van der Waals surface area contributed by atoms with E-state index >= 15 is 0 Å². The molecule has 0 N–H and O–H groups in total. The van der Waals surface area contributed by atoms with Crippen molar-refractivity contribution in [2.75, 3.05) is 5.75 Å². The third kappa shape index (κ3) is 4.29. The Labute approximate surface area is 178 Å². The van der Waals surface area contributed by atoms with Crippen molar-refractivity contribution in [3.05, 3.63) is 94.3 Å². The Balaban J connectivity index is 1.89. The van der Waals surface area contributed by atoms with Crippen molar-refractivity contribution >= 4 is 33.6 Å². The molecule has 1 heterocycles. The van der Waals surface area contributed by atoms with Gasteiger partial charge < -0.3 is 4.42 Å². The third-order valence-corrected chi connectivity index (χ3v) is 7.81. The highest BCUT2D eigenvalue weighted by Crippen LogP contribution is 2.32. The van der Waals surface area contributed by atoms with Crippen LogP contribution >= 0.6 is 11.8 Å². The van der Waals surface area contributed by atoms with E-state index in [9.17, 15) is 4.79 Å². The monoisotopic (exact) mass is 419 g/mol. The van der Waals surface area contributed by atoms with E-state index in [1.54, 1.807) is 11.8 Å². The molecule has 0 aliphatic rings. The summed E-state index contributed by atoms with van der Waals surface area (Å²) in [6.45, 7) is 6.26. The molecule has 0 spiro atoms. The molecule has 0 aliphatic heterocycles. The van der Waals surface area contributed by atoms with Gasteiger partial charge in [0.1, 0.15) is 16.5 Å². The van der Waals surface area contributed by atoms with Crippen LogP contribution in [0.25, 0.3) is 11.0 Å². The van der Waals surface area contributed by atoms with Crippen LogP contribution in [-0.4, -0.2) is 5.75 Å². The number of hydrogen-bond acceptors (Lipinski definition) is 3. The van der Waals surface area contributed by atoms with Crippen LogP contribution in [0.2, 0.25) is 0 Å². The highest BCUT2D eigenvalue weighted by molar-refractivity contribution is 7.99. The van der Waals surface area contributed by atoms with E-state index in [1.807, 2.05) is 18.2 Å². The molecule has 0 atom stereocenters. The minimum atomic E-state index is -0.519. The molecule has 4 heteroatoms. The SMILES string of the molecule is CCSc1ccc2cc([S+](c3ccc(C)cc3)c3ccc(C)cc3)c(=O)oc2c1. The molecule has 3 aromatic carbocycles. The van der Waals surface area contributed by atoms with Crippen molar-refractivity contribution in [3.63, 3.8) is 0 Å². The summed E-state index contributed by atoms with van der Waals surface area (Å²) in [7, 11) is -0.519. The van der Waals surface area contributed by atoms with Gasteiger partial charge in [-0.3, -0.25) is 0 Å². The third-order valence-electron chi connectivity index (χ3n) is 4.72.